The van der Waals surface area contributed by atoms with E-state index in [4.69, 9.17) is 0 Å². The lowest BCUT2D eigenvalue weighted by molar-refractivity contribution is -0.117. The van der Waals surface area contributed by atoms with Gasteiger partial charge < -0.3 is 9.53 Å². The molecule has 0 spiro atoms. The highest BCUT2D eigenvalue weighted by Crippen LogP contribution is 2.44. The van der Waals surface area contributed by atoms with Crippen LogP contribution in [-0.4, -0.2) is 18.8 Å². The van der Waals surface area contributed by atoms with Crippen LogP contribution in [0.4, 0.5) is 17.6 Å². The van der Waals surface area contributed by atoms with E-state index < -0.39 is 17.9 Å². The maximum Gasteiger partial charge on any atom is 0.387 e. The van der Waals surface area contributed by atoms with E-state index in [1.54, 1.807) is 0 Å². The zero-order valence-electron chi connectivity index (χ0n) is 10.6. The quantitative estimate of drug-likeness (QED) is 0.620. The van der Waals surface area contributed by atoms with Gasteiger partial charge in [0.05, 0.1) is 5.41 Å². The van der Waals surface area contributed by atoms with Crippen molar-refractivity contribution < 1.29 is 27.1 Å². The predicted molar refractivity (Wildman–Crippen MR) is 64.2 cm³/mol. The maximum atomic E-state index is 13.2. The standard InChI is InChI=1S/C14H14F4O2/c15-12(16)20-11-3-1-10(2-4-11)13(9-19)5-7-14(17,18)8-6-13/h1-4,9,12H,5-8H2. The van der Waals surface area contributed by atoms with E-state index >= 15 is 0 Å². The van der Waals surface area contributed by atoms with Crippen molar-refractivity contribution in [2.75, 3.05) is 0 Å². The molecule has 0 heterocycles. The van der Waals surface area contributed by atoms with Crippen LogP contribution in [0.5, 0.6) is 5.75 Å². The highest BCUT2D eigenvalue weighted by atomic mass is 19.3. The molecule has 0 N–H and O–H groups in total. The first-order valence-electron chi connectivity index (χ1n) is 6.26. The molecule has 1 saturated carbocycles. The molecule has 2 nitrogen and oxygen atoms in total. The summed E-state index contributed by atoms with van der Waals surface area (Å²) in [7, 11) is 0. The van der Waals surface area contributed by atoms with Crippen LogP contribution in [0, 0.1) is 0 Å². The number of hydrogen-bond donors (Lipinski definition) is 0. The summed E-state index contributed by atoms with van der Waals surface area (Å²) in [5.41, 5.74) is -0.394. The zero-order chi connectivity index (χ0) is 14.8. The van der Waals surface area contributed by atoms with Gasteiger partial charge in [0.15, 0.2) is 0 Å². The van der Waals surface area contributed by atoms with Crippen LogP contribution >= 0.6 is 0 Å². The molecule has 1 fully saturated rings. The van der Waals surface area contributed by atoms with E-state index in [1.165, 1.54) is 24.3 Å². The van der Waals surface area contributed by atoms with Crippen molar-refractivity contribution in [1.29, 1.82) is 0 Å². The lowest BCUT2D eigenvalue weighted by atomic mass is 9.69. The van der Waals surface area contributed by atoms with Gasteiger partial charge in [-0.15, -0.1) is 0 Å². The van der Waals surface area contributed by atoms with Gasteiger partial charge in [0.2, 0.25) is 5.92 Å². The second-order valence-electron chi connectivity index (χ2n) is 5.03. The molecule has 0 atom stereocenters. The number of alkyl halides is 4. The Bertz CT molecular complexity index is 461. The topological polar surface area (TPSA) is 26.3 Å². The van der Waals surface area contributed by atoms with Gasteiger partial charge in [0.25, 0.3) is 0 Å². The van der Waals surface area contributed by atoms with Gasteiger partial charge in [-0.3, -0.25) is 0 Å². The summed E-state index contributed by atoms with van der Waals surface area (Å²) < 4.78 is 54.7. The average molecular weight is 290 g/mol. The number of halogens is 4. The molecule has 1 aliphatic carbocycles. The fourth-order valence-electron chi connectivity index (χ4n) is 2.50. The molecule has 110 valence electrons. The Kier molecular flexibility index (Phi) is 4.01. The van der Waals surface area contributed by atoms with Crippen LogP contribution in [-0.2, 0) is 10.2 Å². The number of benzene rings is 1. The van der Waals surface area contributed by atoms with E-state index in [1.807, 2.05) is 0 Å². The maximum absolute atomic E-state index is 13.2. The van der Waals surface area contributed by atoms with Gasteiger partial charge in [-0.25, -0.2) is 8.78 Å². The second kappa shape index (κ2) is 5.42. The number of aldehydes is 1. The highest BCUT2D eigenvalue weighted by Gasteiger charge is 2.44. The monoisotopic (exact) mass is 290 g/mol. The lowest BCUT2D eigenvalue weighted by Gasteiger charge is -2.36. The minimum atomic E-state index is -2.92. The number of ether oxygens (including phenoxy) is 1. The van der Waals surface area contributed by atoms with Crippen molar-refractivity contribution in [1.82, 2.24) is 0 Å². The van der Waals surface area contributed by atoms with E-state index in [0.717, 1.165) is 0 Å². The summed E-state index contributed by atoms with van der Waals surface area (Å²) in [6, 6.07) is 5.60. The molecule has 0 aliphatic heterocycles. The molecule has 1 aromatic carbocycles. The molecule has 0 radical (unpaired) electrons. The highest BCUT2D eigenvalue weighted by molar-refractivity contribution is 5.69. The number of hydrogen-bond acceptors (Lipinski definition) is 2. The van der Waals surface area contributed by atoms with Crippen LogP contribution in [0.2, 0.25) is 0 Å². The van der Waals surface area contributed by atoms with Gasteiger partial charge in [-0.05, 0) is 30.5 Å². The molecule has 0 saturated heterocycles. The molecule has 0 bridgehead atoms. The van der Waals surface area contributed by atoms with Crippen LogP contribution < -0.4 is 4.74 Å². The molecule has 0 unspecified atom stereocenters. The van der Waals surface area contributed by atoms with Crippen LogP contribution in [0.3, 0.4) is 0 Å². The van der Waals surface area contributed by atoms with Gasteiger partial charge in [0.1, 0.15) is 12.0 Å². The molecule has 20 heavy (non-hydrogen) atoms. The minimum Gasteiger partial charge on any atom is -0.435 e. The second-order valence-corrected chi connectivity index (χ2v) is 5.03. The van der Waals surface area contributed by atoms with Gasteiger partial charge in [-0.2, -0.15) is 8.78 Å². The molecule has 1 aromatic rings. The Morgan fingerprint density at radius 3 is 2.05 bits per heavy atom. The average Bonchev–Trinajstić information content (AvgIpc) is 2.40. The molecular formula is C14H14F4O2. The number of carbonyl (C=O) groups is 1. The van der Waals surface area contributed by atoms with E-state index in [2.05, 4.69) is 4.74 Å². The van der Waals surface area contributed by atoms with Gasteiger partial charge in [-0.1, -0.05) is 12.1 Å². The Labute approximate surface area is 113 Å². The van der Waals surface area contributed by atoms with E-state index in [9.17, 15) is 22.4 Å². The van der Waals surface area contributed by atoms with Crippen LogP contribution in [0.15, 0.2) is 24.3 Å². The lowest BCUT2D eigenvalue weighted by Crippen LogP contribution is -2.37. The van der Waals surface area contributed by atoms with Crippen molar-refractivity contribution in [3.05, 3.63) is 29.8 Å². The summed E-state index contributed by atoms with van der Waals surface area (Å²) in [4.78, 5) is 11.4. The Hall–Kier alpha value is -1.59. The summed E-state index contributed by atoms with van der Waals surface area (Å²) >= 11 is 0. The fraction of sp³-hybridized carbons (Fsp3) is 0.500. The van der Waals surface area contributed by atoms with Crippen molar-refractivity contribution >= 4 is 6.29 Å². The third-order valence-corrected chi connectivity index (χ3v) is 3.75. The van der Waals surface area contributed by atoms with Crippen molar-refractivity contribution in [2.24, 2.45) is 0 Å². The first kappa shape index (κ1) is 14.8. The third-order valence-electron chi connectivity index (χ3n) is 3.75. The molecule has 0 aromatic heterocycles. The third kappa shape index (κ3) is 3.11. The van der Waals surface area contributed by atoms with E-state index in [-0.39, 0.29) is 31.4 Å². The van der Waals surface area contributed by atoms with Crippen molar-refractivity contribution in [3.63, 3.8) is 0 Å². The van der Waals surface area contributed by atoms with Gasteiger partial charge >= 0.3 is 6.61 Å². The first-order chi connectivity index (χ1) is 9.37. The smallest absolute Gasteiger partial charge is 0.387 e. The molecule has 6 heteroatoms. The number of carbonyl (C=O) groups excluding carboxylic acids is 1. The number of rotatable bonds is 4. The summed E-state index contributed by atoms with van der Waals surface area (Å²) in [5.74, 6) is -2.75. The normalized spacial score (nSPS) is 20.6. The van der Waals surface area contributed by atoms with Crippen molar-refractivity contribution in [2.45, 2.75) is 43.6 Å². The molecule has 0 amide bonds. The minimum absolute atomic E-state index is 0.0223. The summed E-state index contributed by atoms with van der Waals surface area (Å²) in [5, 5.41) is 0. The molecule has 1 aliphatic rings. The van der Waals surface area contributed by atoms with Gasteiger partial charge in [0, 0.05) is 12.8 Å². The Morgan fingerprint density at radius 1 is 1.05 bits per heavy atom. The Balaban J connectivity index is 2.18. The Morgan fingerprint density at radius 2 is 1.60 bits per heavy atom. The zero-order valence-corrected chi connectivity index (χ0v) is 10.6. The predicted octanol–water partition coefficient (Wildman–Crippen LogP) is 3.93. The summed E-state index contributed by atoms with van der Waals surface area (Å²) in [6.07, 6.45) is 0.102. The van der Waals surface area contributed by atoms with Crippen molar-refractivity contribution in [3.8, 4) is 5.75 Å². The first-order valence-corrected chi connectivity index (χ1v) is 6.26. The molecular weight excluding hydrogens is 276 g/mol. The van der Waals surface area contributed by atoms with Crippen LogP contribution in [0.1, 0.15) is 31.2 Å². The SMILES string of the molecule is O=CC1(c2ccc(OC(F)F)cc2)CCC(F)(F)CC1. The van der Waals surface area contributed by atoms with E-state index in [0.29, 0.717) is 11.8 Å². The molecule has 2 rings (SSSR count). The summed E-state index contributed by atoms with van der Waals surface area (Å²) in [6.45, 7) is -2.92. The van der Waals surface area contributed by atoms with Crippen LogP contribution in [0.25, 0.3) is 0 Å². The largest absolute Gasteiger partial charge is 0.435 e. The fourth-order valence-corrected chi connectivity index (χ4v) is 2.50.